The highest BCUT2D eigenvalue weighted by Crippen LogP contribution is 2.30. The van der Waals surface area contributed by atoms with Crippen molar-refractivity contribution in [1.82, 2.24) is 9.55 Å². The van der Waals surface area contributed by atoms with Gasteiger partial charge >= 0.3 is 6.18 Å². The van der Waals surface area contributed by atoms with Crippen molar-refractivity contribution in [2.45, 2.75) is 25.6 Å². The Kier molecular flexibility index (Phi) is 4.22. The molecule has 1 aliphatic heterocycles. The van der Waals surface area contributed by atoms with E-state index in [1.165, 1.54) is 12.1 Å². The molecule has 0 spiro atoms. The van der Waals surface area contributed by atoms with Gasteiger partial charge in [-0.15, -0.1) is 0 Å². The molecule has 4 nitrogen and oxygen atoms in total. The monoisotopic (exact) mass is 371 g/mol. The molecular weight excluding hydrogens is 355 g/mol. The predicted molar refractivity (Wildman–Crippen MR) is 95.4 cm³/mol. The molecule has 0 saturated carbocycles. The maximum Gasteiger partial charge on any atom is 0.416 e. The van der Waals surface area contributed by atoms with Gasteiger partial charge in [0.2, 0.25) is 0 Å². The SMILES string of the molecule is O=C(Nc1cccc(-c2cnc3n2CCC3)c1)c1ccc(C(F)(F)F)cc1. The van der Waals surface area contributed by atoms with Crippen molar-refractivity contribution in [2.24, 2.45) is 0 Å². The van der Waals surface area contributed by atoms with Gasteiger partial charge in [-0.25, -0.2) is 4.98 Å². The summed E-state index contributed by atoms with van der Waals surface area (Å²) in [5.74, 6) is 0.601. The van der Waals surface area contributed by atoms with E-state index in [1.54, 1.807) is 6.07 Å². The van der Waals surface area contributed by atoms with E-state index >= 15 is 0 Å². The molecule has 1 N–H and O–H groups in total. The Hall–Kier alpha value is -3.09. The van der Waals surface area contributed by atoms with Gasteiger partial charge in [-0.1, -0.05) is 12.1 Å². The number of nitrogens with zero attached hydrogens (tertiary/aromatic N) is 2. The number of alkyl halides is 3. The summed E-state index contributed by atoms with van der Waals surface area (Å²) in [5.41, 5.74) is 1.88. The summed E-state index contributed by atoms with van der Waals surface area (Å²) in [7, 11) is 0. The van der Waals surface area contributed by atoms with Crippen molar-refractivity contribution >= 4 is 11.6 Å². The molecule has 138 valence electrons. The summed E-state index contributed by atoms with van der Waals surface area (Å²) < 4.78 is 40.1. The molecule has 0 aliphatic carbocycles. The lowest BCUT2D eigenvalue weighted by Gasteiger charge is -2.10. The fourth-order valence-corrected chi connectivity index (χ4v) is 3.26. The first-order valence-corrected chi connectivity index (χ1v) is 8.55. The molecule has 0 saturated heterocycles. The molecule has 2 heterocycles. The molecule has 0 atom stereocenters. The fourth-order valence-electron chi connectivity index (χ4n) is 3.26. The van der Waals surface area contributed by atoms with Crippen LogP contribution in [0, 0.1) is 0 Å². The first-order chi connectivity index (χ1) is 12.9. The van der Waals surface area contributed by atoms with Crippen molar-refractivity contribution in [3.8, 4) is 11.3 Å². The largest absolute Gasteiger partial charge is 0.416 e. The van der Waals surface area contributed by atoms with Crippen molar-refractivity contribution in [3.63, 3.8) is 0 Å². The van der Waals surface area contributed by atoms with E-state index in [9.17, 15) is 18.0 Å². The van der Waals surface area contributed by atoms with Crippen LogP contribution in [0.15, 0.2) is 54.7 Å². The van der Waals surface area contributed by atoms with E-state index in [0.717, 1.165) is 48.6 Å². The van der Waals surface area contributed by atoms with Crippen LogP contribution in [-0.4, -0.2) is 15.5 Å². The summed E-state index contributed by atoms with van der Waals surface area (Å²) >= 11 is 0. The van der Waals surface area contributed by atoms with Crippen molar-refractivity contribution < 1.29 is 18.0 Å². The highest BCUT2D eigenvalue weighted by atomic mass is 19.4. The highest BCUT2D eigenvalue weighted by molar-refractivity contribution is 6.04. The maximum absolute atomic E-state index is 12.6. The Morgan fingerprint density at radius 1 is 1.11 bits per heavy atom. The fraction of sp³-hybridized carbons (Fsp3) is 0.200. The second-order valence-electron chi connectivity index (χ2n) is 6.42. The number of aryl methyl sites for hydroxylation is 1. The van der Waals surface area contributed by atoms with Crippen LogP contribution in [0.2, 0.25) is 0 Å². The van der Waals surface area contributed by atoms with Gasteiger partial charge in [0.25, 0.3) is 5.91 Å². The van der Waals surface area contributed by atoms with Crippen LogP contribution in [0.1, 0.15) is 28.2 Å². The van der Waals surface area contributed by atoms with Gasteiger partial charge in [0, 0.05) is 29.8 Å². The molecule has 0 unspecified atom stereocenters. The Labute approximate surface area is 153 Å². The van der Waals surface area contributed by atoms with E-state index in [0.29, 0.717) is 5.69 Å². The Balaban J connectivity index is 1.54. The topological polar surface area (TPSA) is 46.9 Å². The van der Waals surface area contributed by atoms with Crippen LogP contribution in [0.4, 0.5) is 18.9 Å². The minimum Gasteiger partial charge on any atom is -0.328 e. The van der Waals surface area contributed by atoms with Crippen molar-refractivity contribution in [3.05, 3.63) is 71.7 Å². The number of amides is 1. The standard InChI is InChI=1S/C20H16F3N3O/c21-20(22,23)15-8-6-13(7-9-15)19(27)25-16-4-1-3-14(11-16)17-12-24-18-5-2-10-26(17)18/h1,3-4,6-9,11-12H,2,5,10H2,(H,25,27). The minimum atomic E-state index is -4.42. The molecule has 27 heavy (non-hydrogen) atoms. The molecule has 3 aromatic rings. The number of hydrogen-bond acceptors (Lipinski definition) is 2. The van der Waals surface area contributed by atoms with Crippen LogP contribution in [0.3, 0.4) is 0 Å². The van der Waals surface area contributed by atoms with E-state index in [2.05, 4.69) is 14.9 Å². The molecule has 1 amide bonds. The number of rotatable bonds is 3. The smallest absolute Gasteiger partial charge is 0.328 e. The zero-order valence-electron chi connectivity index (χ0n) is 14.3. The van der Waals surface area contributed by atoms with Crippen LogP contribution in [0.25, 0.3) is 11.3 Å². The number of aromatic nitrogens is 2. The number of imidazole rings is 1. The first kappa shape index (κ1) is 17.3. The number of nitrogens with one attached hydrogen (secondary N) is 1. The predicted octanol–water partition coefficient (Wildman–Crippen LogP) is 4.77. The molecular formula is C20H16F3N3O. The normalized spacial score (nSPS) is 13.4. The zero-order valence-corrected chi connectivity index (χ0v) is 14.3. The molecule has 1 aromatic heterocycles. The average Bonchev–Trinajstić information content (AvgIpc) is 3.25. The van der Waals surface area contributed by atoms with E-state index in [4.69, 9.17) is 0 Å². The lowest BCUT2D eigenvalue weighted by molar-refractivity contribution is -0.137. The zero-order chi connectivity index (χ0) is 19.0. The van der Waals surface area contributed by atoms with Gasteiger partial charge in [-0.2, -0.15) is 13.2 Å². The Bertz CT molecular complexity index is 990. The van der Waals surface area contributed by atoms with Crippen molar-refractivity contribution in [1.29, 1.82) is 0 Å². The minimum absolute atomic E-state index is 0.165. The second kappa shape index (κ2) is 6.57. The number of carbonyl (C=O) groups excluding carboxylic acids is 1. The first-order valence-electron chi connectivity index (χ1n) is 8.55. The van der Waals surface area contributed by atoms with Crippen LogP contribution in [0.5, 0.6) is 0 Å². The maximum atomic E-state index is 12.6. The number of halogens is 3. The van der Waals surface area contributed by atoms with Gasteiger partial charge in [0.1, 0.15) is 5.82 Å². The Morgan fingerprint density at radius 2 is 1.89 bits per heavy atom. The number of benzene rings is 2. The molecule has 1 aliphatic rings. The summed E-state index contributed by atoms with van der Waals surface area (Å²) in [6.45, 7) is 0.923. The number of hydrogen-bond donors (Lipinski definition) is 1. The van der Waals surface area contributed by atoms with Crippen LogP contribution >= 0.6 is 0 Å². The third-order valence-corrected chi connectivity index (χ3v) is 4.61. The molecule has 4 rings (SSSR count). The van der Waals surface area contributed by atoms with Gasteiger partial charge in [0.15, 0.2) is 0 Å². The lowest BCUT2D eigenvalue weighted by atomic mass is 10.1. The lowest BCUT2D eigenvalue weighted by Crippen LogP contribution is -2.13. The van der Waals surface area contributed by atoms with Gasteiger partial charge in [-0.05, 0) is 42.8 Å². The number of anilines is 1. The highest BCUT2D eigenvalue weighted by Gasteiger charge is 2.30. The number of fused-ring (bicyclic) bond motifs is 1. The van der Waals surface area contributed by atoms with E-state index in [1.807, 2.05) is 24.4 Å². The molecule has 7 heteroatoms. The molecule has 0 fully saturated rings. The molecule has 2 aromatic carbocycles. The summed E-state index contributed by atoms with van der Waals surface area (Å²) in [6, 6.07) is 11.5. The average molecular weight is 371 g/mol. The number of carbonyl (C=O) groups is 1. The van der Waals surface area contributed by atoms with Crippen LogP contribution < -0.4 is 5.32 Å². The third-order valence-electron chi connectivity index (χ3n) is 4.61. The van der Waals surface area contributed by atoms with Crippen molar-refractivity contribution in [2.75, 3.05) is 5.32 Å². The summed E-state index contributed by atoms with van der Waals surface area (Å²) in [4.78, 5) is 16.8. The van der Waals surface area contributed by atoms with E-state index in [-0.39, 0.29) is 5.56 Å². The summed E-state index contributed by atoms with van der Waals surface area (Å²) in [6.07, 6.45) is -0.564. The third kappa shape index (κ3) is 3.45. The van der Waals surface area contributed by atoms with Gasteiger partial charge in [0.05, 0.1) is 17.5 Å². The Morgan fingerprint density at radius 3 is 2.63 bits per heavy atom. The van der Waals surface area contributed by atoms with Crippen LogP contribution in [-0.2, 0) is 19.1 Å². The van der Waals surface area contributed by atoms with Gasteiger partial charge < -0.3 is 9.88 Å². The summed E-state index contributed by atoms with van der Waals surface area (Å²) in [5, 5.41) is 2.74. The van der Waals surface area contributed by atoms with E-state index < -0.39 is 17.6 Å². The molecule has 0 bridgehead atoms. The van der Waals surface area contributed by atoms with Gasteiger partial charge in [-0.3, -0.25) is 4.79 Å². The molecule has 0 radical (unpaired) electrons. The quantitative estimate of drug-likeness (QED) is 0.721. The second-order valence-corrected chi connectivity index (χ2v) is 6.42.